The lowest BCUT2D eigenvalue weighted by Crippen LogP contribution is -2.42. The first-order valence-corrected chi connectivity index (χ1v) is 7.05. The second-order valence-electron chi connectivity index (χ2n) is 6.22. The lowest BCUT2D eigenvalue weighted by atomic mass is 9.83. The maximum absolute atomic E-state index is 12.2. The highest BCUT2D eigenvalue weighted by atomic mass is 16.2. The van der Waals surface area contributed by atoms with Crippen molar-refractivity contribution in [1.82, 2.24) is 10.2 Å². The van der Waals surface area contributed by atoms with Gasteiger partial charge in [0.25, 0.3) is 0 Å². The summed E-state index contributed by atoms with van der Waals surface area (Å²) in [7, 11) is 0. The Morgan fingerprint density at radius 3 is 2.61 bits per heavy atom. The number of nitrogens with one attached hydrogen (secondary N) is 1. The summed E-state index contributed by atoms with van der Waals surface area (Å²) in [6.45, 7) is 14.1. The molecule has 1 rings (SSSR count). The number of carbonyl (C=O) groups is 1. The highest BCUT2D eigenvalue weighted by Crippen LogP contribution is 2.30. The maximum Gasteiger partial charge on any atom is 0.226 e. The van der Waals surface area contributed by atoms with E-state index in [1.165, 1.54) is 5.57 Å². The zero-order valence-electron chi connectivity index (χ0n) is 12.5. The smallest absolute Gasteiger partial charge is 0.226 e. The molecule has 0 fully saturated rings. The molecule has 0 aromatic heterocycles. The molecular weight excluding hydrogens is 224 g/mol. The van der Waals surface area contributed by atoms with Gasteiger partial charge in [-0.15, -0.1) is 0 Å². The van der Waals surface area contributed by atoms with Gasteiger partial charge in [0, 0.05) is 25.6 Å². The number of carbonyl (C=O) groups excluding carboxylic acids is 1. The Morgan fingerprint density at radius 1 is 1.50 bits per heavy atom. The topological polar surface area (TPSA) is 32.3 Å². The maximum atomic E-state index is 12.2. The molecule has 0 aliphatic carbocycles. The molecule has 0 saturated carbocycles. The van der Waals surface area contributed by atoms with E-state index >= 15 is 0 Å². The Balaban J connectivity index is 2.52. The van der Waals surface area contributed by atoms with E-state index in [-0.39, 0.29) is 17.2 Å². The first-order chi connectivity index (χ1) is 8.36. The predicted molar refractivity (Wildman–Crippen MR) is 76.4 cm³/mol. The Hall–Kier alpha value is -0.830. The van der Waals surface area contributed by atoms with Gasteiger partial charge in [-0.25, -0.2) is 0 Å². The van der Waals surface area contributed by atoms with Crippen molar-refractivity contribution < 1.29 is 4.79 Å². The second kappa shape index (κ2) is 6.37. The summed E-state index contributed by atoms with van der Waals surface area (Å²) in [5, 5.41) is 3.24. The third kappa shape index (κ3) is 4.13. The van der Waals surface area contributed by atoms with Gasteiger partial charge in [0.15, 0.2) is 0 Å². The van der Waals surface area contributed by atoms with Gasteiger partial charge >= 0.3 is 0 Å². The fourth-order valence-corrected chi connectivity index (χ4v) is 2.31. The number of nitrogens with zero attached hydrogens (tertiary/aromatic N) is 1. The number of hydrogen-bond acceptors (Lipinski definition) is 2. The molecule has 0 aromatic rings. The van der Waals surface area contributed by atoms with Crippen molar-refractivity contribution in [3.8, 4) is 0 Å². The Bertz CT molecular complexity index is 315. The monoisotopic (exact) mass is 252 g/mol. The SMILES string of the molecule is CCNCC(C)C(=O)N1CC=C(C(C)(C)C)CC1. The molecule has 1 atom stereocenters. The van der Waals surface area contributed by atoms with Crippen LogP contribution >= 0.6 is 0 Å². The minimum Gasteiger partial charge on any atom is -0.338 e. The quantitative estimate of drug-likeness (QED) is 0.779. The Morgan fingerprint density at radius 2 is 2.17 bits per heavy atom. The molecule has 3 heteroatoms. The lowest BCUT2D eigenvalue weighted by molar-refractivity contribution is -0.134. The molecule has 1 aliphatic heterocycles. The van der Waals surface area contributed by atoms with Crippen molar-refractivity contribution in [3.05, 3.63) is 11.6 Å². The van der Waals surface area contributed by atoms with Crippen LogP contribution in [0.5, 0.6) is 0 Å². The molecule has 0 spiro atoms. The van der Waals surface area contributed by atoms with Gasteiger partial charge in [-0.2, -0.15) is 0 Å². The van der Waals surface area contributed by atoms with E-state index in [2.05, 4.69) is 39.1 Å². The minimum atomic E-state index is 0.0783. The molecule has 0 aromatic carbocycles. The number of hydrogen-bond donors (Lipinski definition) is 1. The number of amides is 1. The van der Waals surface area contributed by atoms with Gasteiger partial charge in [-0.1, -0.05) is 46.3 Å². The van der Waals surface area contributed by atoms with Crippen LogP contribution in [-0.2, 0) is 4.79 Å². The van der Waals surface area contributed by atoms with Crippen molar-refractivity contribution in [2.75, 3.05) is 26.2 Å². The molecule has 104 valence electrons. The average Bonchev–Trinajstić information content (AvgIpc) is 2.34. The van der Waals surface area contributed by atoms with Crippen LogP contribution in [0.25, 0.3) is 0 Å². The highest BCUT2D eigenvalue weighted by molar-refractivity contribution is 5.79. The van der Waals surface area contributed by atoms with Crippen LogP contribution in [0.2, 0.25) is 0 Å². The lowest BCUT2D eigenvalue weighted by Gasteiger charge is -2.33. The third-order valence-electron chi connectivity index (χ3n) is 3.61. The largest absolute Gasteiger partial charge is 0.338 e. The molecule has 3 nitrogen and oxygen atoms in total. The summed E-state index contributed by atoms with van der Waals surface area (Å²) >= 11 is 0. The summed E-state index contributed by atoms with van der Waals surface area (Å²) < 4.78 is 0. The van der Waals surface area contributed by atoms with Crippen LogP contribution in [-0.4, -0.2) is 37.0 Å². The highest BCUT2D eigenvalue weighted by Gasteiger charge is 2.25. The van der Waals surface area contributed by atoms with Crippen molar-refractivity contribution >= 4 is 5.91 Å². The average molecular weight is 252 g/mol. The van der Waals surface area contributed by atoms with E-state index < -0.39 is 0 Å². The second-order valence-corrected chi connectivity index (χ2v) is 6.22. The van der Waals surface area contributed by atoms with E-state index in [0.29, 0.717) is 0 Å². The van der Waals surface area contributed by atoms with Gasteiger partial charge in [-0.05, 0) is 18.4 Å². The first-order valence-electron chi connectivity index (χ1n) is 7.05. The van der Waals surface area contributed by atoms with E-state index in [9.17, 15) is 4.79 Å². The number of rotatable bonds is 4. The molecule has 1 heterocycles. The fraction of sp³-hybridized carbons (Fsp3) is 0.800. The predicted octanol–water partition coefficient (Wildman–Crippen LogP) is 2.44. The molecule has 18 heavy (non-hydrogen) atoms. The summed E-state index contributed by atoms with van der Waals surface area (Å²) in [5.74, 6) is 0.356. The van der Waals surface area contributed by atoms with Crippen LogP contribution in [0.15, 0.2) is 11.6 Å². The molecule has 1 unspecified atom stereocenters. The normalized spacial score (nSPS) is 18.5. The van der Waals surface area contributed by atoms with E-state index in [1.54, 1.807) is 0 Å². The molecule has 1 aliphatic rings. The van der Waals surface area contributed by atoms with Crippen LogP contribution < -0.4 is 5.32 Å². The van der Waals surface area contributed by atoms with Crippen molar-refractivity contribution in [1.29, 1.82) is 0 Å². The van der Waals surface area contributed by atoms with Crippen molar-refractivity contribution in [2.45, 2.75) is 41.0 Å². The third-order valence-corrected chi connectivity index (χ3v) is 3.61. The summed E-state index contributed by atoms with van der Waals surface area (Å²) in [4.78, 5) is 14.2. The molecule has 0 radical (unpaired) electrons. The van der Waals surface area contributed by atoms with Crippen molar-refractivity contribution in [2.24, 2.45) is 11.3 Å². The minimum absolute atomic E-state index is 0.0783. The standard InChI is InChI=1S/C15H28N2O/c1-6-16-11-12(2)14(18)17-9-7-13(8-10-17)15(3,4)5/h7,12,16H,6,8-11H2,1-5H3. The van der Waals surface area contributed by atoms with Crippen LogP contribution in [0.1, 0.15) is 41.0 Å². The van der Waals surface area contributed by atoms with E-state index in [1.807, 2.05) is 11.8 Å². The molecule has 0 bridgehead atoms. The van der Waals surface area contributed by atoms with Gasteiger partial charge < -0.3 is 10.2 Å². The van der Waals surface area contributed by atoms with E-state index in [0.717, 1.165) is 32.6 Å². The summed E-state index contributed by atoms with van der Waals surface area (Å²) in [6.07, 6.45) is 3.25. The Labute approximate surface area is 112 Å². The van der Waals surface area contributed by atoms with Gasteiger partial charge in [-0.3, -0.25) is 4.79 Å². The van der Waals surface area contributed by atoms with Crippen LogP contribution in [0.3, 0.4) is 0 Å². The first kappa shape index (κ1) is 15.2. The molecule has 0 saturated heterocycles. The van der Waals surface area contributed by atoms with Gasteiger partial charge in [0.05, 0.1) is 0 Å². The van der Waals surface area contributed by atoms with Gasteiger partial charge in [0.1, 0.15) is 0 Å². The van der Waals surface area contributed by atoms with E-state index in [4.69, 9.17) is 0 Å². The molecule has 1 amide bonds. The Kier molecular flexibility index (Phi) is 5.39. The van der Waals surface area contributed by atoms with Gasteiger partial charge in [0.2, 0.25) is 5.91 Å². The summed E-state index contributed by atoms with van der Waals surface area (Å²) in [6, 6.07) is 0. The summed E-state index contributed by atoms with van der Waals surface area (Å²) in [5.41, 5.74) is 1.72. The van der Waals surface area contributed by atoms with Crippen LogP contribution in [0.4, 0.5) is 0 Å². The zero-order chi connectivity index (χ0) is 13.8. The van der Waals surface area contributed by atoms with Crippen LogP contribution in [0, 0.1) is 11.3 Å². The zero-order valence-corrected chi connectivity index (χ0v) is 12.5. The van der Waals surface area contributed by atoms with Crippen molar-refractivity contribution in [3.63, 3.8) is 0 Å². The molecule has 1 N–H and O–H groups in total. The fourth-order valence-electron chi connectivity index (χ4n) is 2.31. The molecular formula is C15H28N2O.